The van der Waals surface area contributed by atoms with Gasteiger partial charge < -0.3 is 15.4 Å². The second-order valence-electron chi connectivity index (χ2n) is 4.83. The van der Waals surface area contributed by atoms with Gasteiger partial charge in [0.15, 0.2) is 0 Å². The summed E-state index contributed by atoms with van der Waals surface area (Å²) >= 11 is 0. The fourth-order valence-electron chi connectivity index (χ4n) is 2.08. The lowest BCUT2D eigenvalue weighted by Crippen LogP contribution is -2.51. The first-order valence-electron chi connectivity index (χ1n) is 6.27. The third-order valence-corrected chi connectivity index (χ3v) is 3.36. The van der Waals surface area contributed by atoms with Crippen LogP contribution < -0.4 is 15.4 Å². The van der Waals surface area contributed by atoms with E-state index in [2.05, 4.69) is 16.7 Å². The molecule has 19 heavy (non-hydrogen) atoms. The smallest absolute Gasteiger partial charge is 0.226 e. The zero-order valence-corrected chi connectivity index (χ0v) is 12.3. The highest BCUT2D eigenvalue weighted by molar-refractivity contribution is 5.85. The number of hydrogen-bond acceptors (Lipinski definition) is 3. The van der Waals surface area contributed by atoms with Gasteiger partial charge in [-0.2, -0.15) is 0 Å². The predicted octanol–water partition coefficient (Wildman–Crippen LogP) is 1.82. The standard InChI is InChI=1S/C14H20N2O2.ClH/c1-9-4-5-13(18-3)12(6-9)10(2)16-14(17)11-7-15-8-11;/h4-6,10-11,15H,7-8H2,1-3H3,(H,16,17);1H. The molecule has 1 aliphatic heterocycles. The zero-order valence-electron chi connectivity index (χ0n) is 11.5. The van der Waals surface area contributed by atoms with Crippen LogP contribution in [0.25, 0.3) is 0 Å². The lowest BCUT2D eigenvalue weighted by molar-refractivity contribution is -0.127. The fraction of sp³-hybridized carbons (Fsp3) is 0.500. The van der Waals surface area contributed by atoms with E-state index in [0.717, 1.165) is 30.0 Å². The van der Waals surface area contributed by atoms with Crippen LogP contribution in [0.15, 0.2) is 18.2 Å². The summed E-state index contributed by atoms with van der Waals surface area (Å²) in [6.07, 6.45) is 0. The third kappa shape index (κ3) is 3.61. The van der Waals surface area contributed by atoms with Crippen LogP contribution in [0.4, 0.5) is 0 Å². The molecule has 0 aliphatic carbocycles. The largest absolute Gasteiger partial charge is 0.496 e. The van der Waals surface area contributed by atoms with Gasteiger partial charge in [-0.25, -0.2) is 0 Å². The van der Waals surface area contributed by atoms with E-state index in [0.29, 0.717) is 0 Å². The van der Waals surface area contributed by atoms with Crippen LogP contribution in [0.1, 0.15) is 24.1 Å². The van der Waals surface area contributed by atoms with Gasteiger partial charge in [0.2, 0.25) is 5.91 Å². The first-order valence-corrected chi connectivity index (χ1v) is 6.27. The number of amides is 1. The molecule has 0 aromatic heterocycles. The summed E-state index contributed by atoms with van der Waals surface area (Å²) in [7, 11) is 1.65. The van der Waals surface area contributed by atoms with Crippen molar-refractivity contribution in [2.24, 2.45) is 5.92 Å². The van der Waals surface area contributed by atoms with Gasteiger partial charge in [-0.15, -0.1) is 12.4 Å². The lowest BCUT2D eigenvalue weighted by Gasteiger charge is -2.28. The first kappa shape index (κ1) is 15.8. The number of nitrogens with one attached hydrogen (secondary N) is 2. The van der Waals surface area contributed by atoms with E-state index in [9.17, 15) is 4.79 Å². The molecular weight excluding hydrogens is 264 g/mol. The minimum atomic E-state index is -0.0343. The number of carbonyl (C=O) groups is 1. The minimum Gasteiger partial charge on any atom is -0.496 e. The second kappa shape index (κ2) is 6.78. The summed E-state index contributed by atoms with van der Waals surface area (Å²) in [6.45, 7) is 5.58. The van der Waals surface area contributed by atoms with Gasteiger partial charge in [0.25, 0.3) is 0 Å². The molecule has 0 saturated carbocycles. The van der Waals surface area contributed by atoms with Gasteiger partial charge in [0.1, 0.15) is 5.75 Å². The van der Waals surface area contributed by atoms with Crippen LogP contribution in [0.2, 0.25) is 0 Å². The molecule has 4 nitrogen and oxygen atoms in total. The molecule has 1 fully saturated rings. The summed E-state index contributed by atoms with van der Waals surface area (Å²) < 4.78 is 5.34. The van der Waals surface area contributed by atoms with E-state index in [1.165, 1.54) is 0 Å². The van der Waals surface area contributed by atoms with Gasteiger partial charge >= 0.3 is 0 Å². The number of methoxy groups -OCH3 is 1. The number of ether oxygens (including phenoxy) is 1. The molecule has 2 rings (SSSR count). The molecule has 1 aromatic carbocycles. The Morgan fingerprint density at radius 2 is 2.16 bits per heavy atom. The van der Waals surface area contributed by atoms with Gasteiger partial charge in [-0.05, 0) is 19.9 Å². The summed E-state index contributed by atoms with van der Waals surface area (Å²) in [6, 6.07) is 5.97. The Kier molecular flexibility index (Phi) is 5.63. The van der Waals surface area contributed by atoms with Gasteiger partial charge in [-0.1, -0.05) is 17.7 Å². The number of aryl methyl sites for hydroxylation is 1. The first-order chi connectivity index (χ1) is 8.61. The van der Waals surface area contributed by atoms with Crippen molar-refractivity contribution in [2.45, 2.75) is 19.9 Å². The van der Waals surface area contributed by atoms with Crippen LogP contribution in [0.3, 0.4) is 0 Å². The van der Waals surface area contributed by atoms with E-state index in [1.807, 2.05) is 26.0 Å². The maximum Gasteiger partial charge on any atom is 0.226 e. The molecule has 0 spiro atoms. The van der Waals surface area contributed by atoms with Crippen molar-refractivity contribution in [3.63, 3.8) is 0 Å². The SMILES string of the molecule is COc1ccc(C)cc1C(C)NC(=O)C1CNC1.Cl. The Morgan fingerprint density at radius 1 is 1.47 bits per heavy atom. The van der Waals surface area contributed by atoms with Crippen molar-refractivity contribution in [1.29, 1.82) is 0 Å². The fourth-order valence-corrected chi connectivity index (χ4v) is 2.08. The molecule has 1 aromatic rings. The van der Waals surface area contributed by atoms with E-state index in [-0.39, 0.29) is 30.3 Å². The van der Waals surface area contributed by atoms with Crippen molar-refractivity contribution in [3.8, 4) is 5.75 Å². The minimum absolute atomic E-state index is 0. The number of carbonyl (C=O) groups excluding carboxylic acids is 1. The lowest BCUT2D eigenvalue weighted by atomic mass is 10.00. The molecule has 1 unspecified atom stereocenters. The summed E-state index contributed by atoms with van der Waals surface area (Å²) in [5.41, 5.74) is 2.19. The van der Waals surface area contributed by atoms with Crippen LogP contribution >= 0.6 is 12.4 Å². The highest BCUT2D eigenvalue weighted by Crippen LogP contribution is 2.26. The normalized spacial score (nSPS) is 15.9. The molecule has 2 N–H and O–H groups in total. The van der Waals surface area contributed by atoms with Crippen LogP contribution in [0, 0.1) is 12.8 Å². The van der Waals surface area contributed by atoms with Gasteiger partial charge in [-0.3, -0.25) is 4.79 Å². The Balaban J connectivity index is 0.00000180. The monoisotopic (exact) mass is 284 g/mol. The summed E-state index contributed by atoms with van der Waals surface area (Å²) in [5, 5.41) is 6.14. The second-order valence-corrected chi connectivity index (χ2v) is 4.83. The molecule has 1 aliphatic rings. The Hall–Kier alpha value is -1.26. The molecule has 5 heteroatoms. The average Bonchev–Trinajstić information content (AvgIpc) is 2.26. The number of halogens is 1. The van der Waals surface area contributed by atoms with Crippen LogP contribution in [-0.4, -0.2) is 26.1 Å². The van der Waals surface area contributed by atoms with Crippen molar-refractivity contribution in [2.75, 3.05) is 20.2 Å². The molecule has 1 saturated heterocycles. The molecule has 0 bridgehead atoms. The zero-order chi connectivity index (χ0) is 13.1. The molecule has 1 atom stereocenters. The van der Waals surface area contributed by atoms with E-state index in [4.69, 9.17) is 4.74 Å². The van der Waals surface area contributed by atoms with Crippen LogP contribution in [0.5, 0.6) is 5.75 Å². The number of benzene rings is 1. The molecule has 106 valence electrons. The maximum absolute atomic E-state index is 11.9. The average molecular weight is 285 g/mol. The van der Waals surface area contributed by atoms with E-state index < -0.39 is 0 Å². The molecular formula is C14H21ClN2O2. The number of rotatable bonds is 4. The Morgan fingerprint density at radius 3 is 2.68 bits per heavy atom. The highest BCUT2D eigenvalue weighted by Gasteiger charge is 2.26. The Labute approximate surface area is 120 Å². The molecule has 1 heterocycles. The topological polar surface area (TPSA) is 50.4 Å². The van der Waals surface area contributed by atoms with Crippen molar-refractivity contribution in [1.82, 2.24) is 10.6 Å². The van der Waals surface area contributed by atoms with E-state index in [1.54, 1.807) is 7.11 Å². The van der Waals surface area contributed by atoms with Crippen molar-refractivity contribution >= 4 is 18.3 Å². The van der Waals surface area contributed by atoms with Crippen molar-refractivity contribution in [3.05, 3.63) is 29.3 Å². The molecule has 1 amide bonds. The van der Waals surface area contributed by atoms with Gasteiger partial charge in [0.05, 0.1) is 19.1 Å². The summed E-state index contributed by atoms with van der Waals surface area (Å²) in [5.74, 6) is 1.05. The Bertz CT molecular complexity index is 447. The predicted molar refractivity (Wildman–Crippen MR) is 77.9 cm³/mol. The van der Waals surface area contributed by atoms with Crippen LogP contribution in [-0.2, 0) is 4.79 Å². The number of hydrogen-bond donors (Lipinski definition) is 2. The van der Waals surface area contributed by atoms with Gasteiger partial charge in [0, 0.05) is 18.7 Å². The third-order valence-electron chi connectivity index (χ3n) is 3.36. The highest BCUT2D eigenvalue weighted by atomic mass is 35.5. The van der Waals surface area contributed by atoms with E-state index >= 15 is 0 Å². The van der Waals surface area contributed by atoms with Crippen molar-refractivity contribution < 1.29 is 9.53 Å². The quantitative estimate of drug-likeness (QED) is 0.887. The molecule has 0 radical (unpaired) electrons. The maximum atomic E-state index is 11.9. The summed E-state index contributed by atoms with van der Waals surface area (Å²) in [4.78, 5) is 11.9.